The van der Waals surface area contributed by atoms with Crippen molar-refractivity contribution in [3.8, 4) is 0 Å². The van der Waals surface area contributed by atoms with Crippen molar-refractivity contribution in [3.63, 3.8) is 0 Å². The number of H-pyrrole nitrogens is 2. The van der Waals surface area contributed by atoms with Crippen LogP contribution >= 0.6 is 0 Å². The summed E-state index contributed by atoms with van der Waals surface area (Å²) in [5.74, 6) is 0.691. The molecule has 21 heavy (non-hydrogen) atoms. The van der Waals surface area contributed by atoms with Crippen molar-refractivity contribution in [1.29, 1.82) is 0 Å². The monoisotopic (exact) mass is 288 g/mol. The first-order valence-electron chi connectivity index (χ1n) is 7.34. The minimum Gasteiger partial charge on any atom is -0.405 e. The van der Waals surface area contributed by atoms with Crippen molar-refractivity contribution in [1.82, 2.24) is 9.97 Å². The summed E-state index contributed by atoms with van der Waals surface area (Å²) in [6.45, 7) is 0. The molecule has 0 unspecified atom stereocenters. The van der Waals surface area contributed by atoms with E-state index in [1.54, 1.807) is 0 Å². The molecule has 0 bridgehead atoms. The molecular formula is C15H16N2O4. The fourth-order valence-corrected chi connectivity index (χ4v) is 3.69. The molecule has 6 heteroatoms. The molecule has 0 saturated heterocycles. The summed E-state index contributed by atoms with van der Waals surface area (Å²) in [6.07, 6.45) is 6.92. The number of aromatic nitrogens is 2. The number of rotatable bonds is 3. The third-order valence-electron chi connectivity index (χ3n) is 4.95. The topological polar surface area (TPSA) is 95.9 Å². The lowest BCUT2D eigenvalue weighted by atomic mass is 9.69. The van der Waals surface area contributed by atoms with Crippen LogP contribution in [-0.2, 0) is 6.42 Å². The molecule has 0 aliphatic heterocycles. The molecule has 1 spiro atoms. The Hall–Kier alpha value is -2.11. The SMILES string of the molecule is O=c1[nH]c(=O)c2c(CCC3CC4(CC4)C3)cc(=O)oc2[nH]1. The van der Waals surface area contributed by atoms with Crippen LogP contribution in [0, 0.1) is 11.3 Å². The maximum Gasteiger partial charge on any atom is 0.337 e. The quantitative estimate of drug-likeness (QED) is 0.889. The Morgan fingerprint density at radius 2 is 1.95 bits per heavy atom. The first-order valence-corrected chi connectivity index (χ1v) is 7.34. The summed E-state index contributed by atoms with van der Waals surface area (Å²) >= 11 is 0. The molecule has 2 N–H and O–H groups in total. The summed E-state index contributed by atoms with van der Waals surface area (Å²) in [4.78, 5) is 39.3. The van der Waals surface area contributed by atoms with Gasteiger partial charge in [0.1, 0.15) is 5.39 Å². The predicted molar refractivity (Wildman–Crippen MR) is 76.4 cm³/mol. The number of fused-ring (bicyclic) bond motifs is 1. The summed E-state index contributed by atoms with van der Waals surface area (Å²) in [7, 11) is 0. The van der Waals surface area contributed by atoms with Crippen molar-refractivity contribution in [2.75, 3.05) is 0 Å². The number of aromatic amines is 2. The Kier molecular flexibility index (Phi) is 2.52. The smallest absolute Gasteiger partial charge is 0.337 e. The van der Waals surface area contributed by atoms with Gasteiger partial charge >= 0.3 is 11.3 Å². The van der Waals surface area contributed by atoms with Gasteiger partial charge in [0, 0.05) is 6.07 Å². The van der Waals surface area contributed by atoms with E-state index in [9.17, 15) is 14.4 Å². The molecule has 2 saturated carbocycles. The third-order valence-corrected chi connectivity index (χ3v) is 4.95. The average molecular weight is 288 g/mol. The summed E-state index contributed by atoms with van der Waals surface area (Å²) in [6, 6.07) is 1.36. The lowest BCUT2D eigenvalue weighted by Gasteiger charge is -2.36. The number of aryl methyl sites for hydroxylation is 1. The van der Waals surface area contributed by atoms with E-state index in [4.69, 9.17) is 4.42 Å². The average Bonchev–Trinajstić information content (AvgIpc) is 3.13. The number of hydrogen-bond donors (Lipinski definition) is 2. The Balaban J connectivity index is 1.65. The maximum absolute atomic E-state index is 11.9. The zero-order chi connectivity index (χ0) is 14.6. The maximum atomic E-state index is 11.9. The van der Waals surface area contributed by atoms with Crippen LogP contribution in [0.15, 0.2) is 24.9 Å². The second-order valence-electron chi connectivity index (χ2n) is 6.52. The van der Waals surface area contributed by atoms with E-state index in [-0.39, 0.29) is 11.1 Å². The Labute approximate surface area is 119 Å². The van der Waals surface area contributed by atoms with Crippen molar-refractivity contribution in [3.05, 3.63) is 42.9 Å². The molecule has 0 radical (unpaired) electrons. The van der Waals surface area contributed by atoms with Gasteiger partial charge in [0.25, 0.3) is 5.56 Å². The van der Waals surface area contributed by atoms with Gasteiger partial charge < -0.3 is 4.42 Å². The van der Waals surface area contributed by atoms with Gasteiger partial charge in [-0.05, 0) is 55.4 Å². The van der Waals surface area contributed by atoms with Gasteiger partial charge in [-0.2, -0.15) is 0 Å². The summed E-state index contributed by atoms with van der Waals surface area (Å²) in [5.41, 5.74) is -0.409. The van der Waals surface area contributed by atoms with Gasteiger partial charge in [0.15, 0.2) is 0 Å². The van der Waals surface area contributed by atoms with Gasteiger partial charge in [0.2, 0.25) is 5.71 Å². The molecule has 0 amide bonds. The molecule has 2 fully saturated rings. The van der Waals surface area contributed by atoms with Crippen LogP contribution in [0.1, 0.15) is 37.7 Å². The van der Waals surface area contributed by atoms with Gasteiger partial charge in [-0.1, -0.05) is 0 Å². The van der Waals surface area contributed by atoms with Crippen LogP contribution in [-0.4, -0.2) is 9.97 Å². The highest BCUT2D eigenvalue weighted by atomic mass is 16.4. The van der Waals surface area contributed by atoms with E-state index >= 15 is 0 Å². The van der Waals surface area contributed by atoms with Crippen LogP contribution < -0.4 is 16.9 Å². The van der Waals surface area contributed by atoms with E-state index in [1.165, 1.54) is 31.7 Å². The van der Waals surface area contributed by atoms with Gasteiger partial charge in [-0.25, -0.2) is 9.59 Å². The fourth-order valence-electron chi connectivity index (χ4n) is 3.69. The minimum absolute atomic E-state index is 0.0291. The fraction of sp³-hybridized carbons (Fsp3) is 0.533. The minimum atomic E-state index is -0.664. The van der Waals surface area contributed by atoms with Crippen molar-refractivity contribution in [2.45, 2.75) is 38.5 Å². The predicted octanol–water partition coefficient (Wildman–Crippen LogP) is 1.29. The molecule has 2 aromatic heterocycles. The van der Waals surface area contributed by atoms with E-state index in [0.29, 0.717) is 23.3 Å². The van der Waals surface area contributed by atoms with Gasteiger partial charge in [-0.15, -0.1) is 0 Å². The number of nitrogens with one attached hydrogen (secondary N) is 2. The lowest BCUT2D eigenvalue weighted by Crippen LogP contribution is -2.26. The number of hydrogen-bond acceptors (Lipinski definition) is 4. The largest absolute Gasteiger partial charge is 0.405 e. The second kappa shape index (κ2) is 4.19. The Bertz CT molecular complexity index is 872. The van der Waals surface area contributed by atoms with Crippen LogP contribution in [0.25, 0.3) is 11.1 Å². The molecule has 2 aliphatic carbocycles. The molecule has 110 valence electrons. The molecule has 4 rings (SSSR count). The van der Waals surface area contributed by atoms with Crippen LogP contribution in [0.4, 0.5) is 0 Å². The molecule has 2 aromatic rings. The van der Waals surface area contributed by atoms with E-state index in [0.717, 1.165) is 6.42 Å². The molecule has 0 aromatic carbocycles. The third kappa shape index (κ3) is 2.14. The van der Waals surface area contributed by atoms with Gasteiger partial charge in [-0.3, -0.25) is 14.8 Å². The molecule has 2 aliphatic rings. The van der Waals surface area contributed by atoms with Crippen LogP contribution in [0.5, 0.6) is 0 Å². The molecule has 2 heterocycles. The van der Waals surface area contributed by atoms with E-state index in [1.807, 2.05) is 0 Å². The lowest BCUT2D eigenvalue weighted by molar-refractivity contribution is 0.159. The second-order valence-corrected chi connectivity index (χ2v) is 6.52. The van der Waals surface area contributed by atoms with Crippen molar-refractivity contribution in [2.24, 2.45) is 11.3 Å². The Morgan fingerprint density at radius 1 is 1.19 bits per heavy atom. The van der Waals surface area contributed by atoms with E-state index in [2.05, 4.69) is 9.97 Å². The van der Waals surface area contributed by atoms with Crippen molar-refractivity contribution < 1.29 is 4.42 Å². The standard InChI is InChI=1S/C15H16N2O4/c18-10-5-9(2-1-8-6-15(7-8)3-4-15)11-12(19)16-14(20)17-13(11)21-10/h5,8H,1-4,6-7H2,(H2,16,17,19,20). The zero-order valence-corrected chi connectivity index (χ0v) is 11.5. The van der Waals surface area contributed by atoms with E-state index < -0.39 is 16.9 Å². The normalized spacial score (nSPS) is 19.8. The van der Waals surface area contributed by atoms with Gasteiger partial charge in [0.05, 0.1) is 0 Å². The first kappa shape index (κ1) is 12.6. The highest BCUT2D eigenvalue weighted by Crippen LogP contribution is 2.64. The first-order chi connectivity index (χ1) is 10.0. The summed E-state index contributed by atoms with van der Waals surface area (Å²) in [5, 5.41) is 0.287. The van der Waals surface area contributed by atoms with Crippen LogP contribution in [0.2, 0.25) is 0 Å². The highest BCUT2D eigenvalue weighted by Gasteiger charge is 2.52. The van der Waals surface area contributed by atoms with Crippen molar-refractivity contribution >= 4 is 11.1 Å². The molecule has 0 atom stereocenters. The molecule has 6 nitrogen and oxygen atoms in total. The summed E-state index contributed by atoms with van der Waals surface area (Å²) < 4.78 is 4.92. The van der Waals surface area contributed by atoms with Crippen LogP contribution in [0.3, 0.4) is 0 Å². The highest BCUT2D eigenvalue weighted by molar-refractivity contribution is 5.75. The Morgan fingerprint density at radius 3 is 2.67 bits per heavy atom. The molecular weight excluding hydrogens is 272 g/mol. The zero-order valence-electron chi connectivity index (χ0n) is 11.5.